The zero-order valence-corrected chi connectivity index (χ0v) is 15.6. The van der Waals surface area contributed by atoms with Crippen molar-refractivity contribution in [3.63, 3.8) is 0 Å². The summed E-state index contributed by atoms with van der Waals surface area (Å²) in [5.41, 5.74) is -0.197. The molecule has 148 valence electrons. The first-order valence-corrected chi connectivity index (χ1v) is 9.55. The monoisotopic (exact) mass is 384 g/mol. The lowest BCUT2D eigenvalue weighted by Gasteiger charge is -2.23. The normalized spacial score (nSPS) is 23.4. The van der Waals surface area contributed by atoms with Crippen LogP contribution in [0.4, 0.5) is 10.5 Å². The number of likely N-dealkylation sites (tertiary alicyclic amines) is 1. The smallest absolute Gasteiger partial charge is 0.321 e. The number of carbonyl (C=O) groups excluding carboxylic acids is 1. The quantitative estimate of drug-likeness (QED) is 0.798. The lowest BCUT2D eigenvalue weighted by molar-refractivity contribution is -0.149. The van der Waals surface area contributed by atoms with E-state index in [1.807, 2.05) is 22.9 Å². The van der Waals surface area contributed by atoms with Crippen LogP contribution in [0.5, 0.6) is 5.75 Å². The molecule has 2 heterocycles. The van der Waals surface area contributed by atoms with Gasteiger partial charge in [0, 0.05) is 25.5 Å². The Bertz CT molecular complexity index is 854. The largest absolute Gasteiger partial charge is 0.490 e. The number of amides is 2. The highest BCUT2D eigenvalue weighted by Gasteiger charge is 2.55. The maximum Gasteiger partial charge on any atom is 0.321 e. The Kier molecular flexibility index (Phi) is 4.93. The first kappa shape index (κ1) is 18.3. The molecule has 2 aromatic rings. The van der Waals surface area contributed by atoms with E-state index in [0.29, 0.717) is 37.6 Å². The summed E-state index contributed by atoms with van der Waals surface area (Å²) in [5.74, 6) is -0.158. The first-order chi connectivity index (χ1) is 13.6. The van der Waals surface area contributed by atoms with Gasteiger partial charge >= 0.3 is 12.0 Å². The average molecular weight is 384 g/mol. The average Bonchev–Trinajstić information content (AvgIpc) is 3.39. The predicted octanol–water partition coefficient (Wildman–Crippen LogP) is 2.68. The Morgan fingerprint density at radius 2 is 2.21 bits per heavy atom. The van der Waals surface area contributed by atoms with Crippen LogP contribution >= 0.6 is 0 Å². The van der Waals surface area contributed by atoms with Gasteiger partial charge in [0.25, 0.3) is 0 Å². The number of anilines is 1. The number of carbonyl (C=O) groups is 2. The van der Waals surface area contributed by atoms with E-state index in [2.05, 4.69) is 10.3 Å². The fourth-order valence-corrected chi connectivity index (χ4v) is 4.36. The Labute approximate surface area is 163 Å². The minimum Gasteiger partial charge on any atom is -0.490 e. The van der Waals surface area contributed by atoms with Crippen LogP contribution in [0.1, 0.15) is 19.3 Å². The van der Waals surface area contributed by atoms with Gasteiger partial charge in [0.2, 0.25) is 0 Å². The second kappa shape index (κ2) is 7.53. The number of urea groups is 1. The van der Waals surface area contributed by atoms with Crippen LogP contribution in [0.15, 0.2) is 43.0 Å². The summed E-state index contributed by atoms with van der Waals surface area (Å²) in [6.07, 6.45) is 7.72. The number of hydrogen-bond donors (Lipinski definition) is 2. The summed E-state index contributed by atoms with van der Waals surface area (Å²) in [7, 11) is 0. The molecule has 8 heteroatoms. The van der Waals surface area contributed by atoms with Crippen LogP contribution in [0, 0.1) is 11.3 Å². The molecule has 1 aliphatic heterocycles. The van der Waals surface area contributed by atoms with Crippen LogP contribution in [0.3, 0.4) is 0 Å². The summed E-state index contributed by atoms with van der Waals surface area (Å²) in [6.45, 7) is 1.85. The molecule has 2 fully saturated rings. The number of para-hydroxylation sites is 2. The molecule has 1 saturated heterocycles. The van der Waals surface area contributed by atoms with Crippen molar-refractivity contribution in [1.82, 2.24) is 14.5 Å². The first-order valence-electron chi connectivity index (χ1n) is 9.55. The number of carboxylic acid groups (broad SMARTS) is 1. The van der Waals surface area contributed by atoms with Crippen LogP contribution in [0.2, 0.25) is 0 Å². The van der Waals surface area contributed by atoms with Crippen molar-refractivity contribution >= 4 is 17.7 Å². The van der Waals surface area contributed by atoms with E-state index in [1.165, 1.54) is 0 Å². The van der Waals surface area contributed by atoms with Crippen molar-refractivity contribution in [2.24, 2.45) is 11.3 Å². The summed E-state index contributed by atoms with van der Waals surface area (Å²) < 4.78 is 7.74. The van der Waals surface area contributed by atoms with Crippen molar-refractivity contribution in [3.8, 4) is 5.75 Å². The van der Waals surface area contributed by atoms with E-state index >= 15 is 0 Å². The number of ether oxygens (including phenoxy) is 1. The molecule has 2 aliphatic rings. The molecule has 28 heavy (non-hydrogen) atoms. The maximum absolute atomic E-state index is 12.8. The number of rotatable bonds is 6. The minimum atomic E-state index is -0.784. The van der Waals surface area contributed by atoms with Crippen LogP contribution in [0.25, 0.3) is 0 Å². The van der Waals surface area contributed by atoms with Crippen LogP contribution in [-0.4, -0.2) is 51.3 Å². The van der Waals surface area contributed by atoms with Crippen LogP contribution < -0.4 is 10.1 Å². The summed E-state index contributed by atoms with van der Waals surface area (Å²) in [5, 5.41) is 12.6. The SMILES string of the molecule is O=C(Nc1ccccc1OCCn1ccnc1)N1C[C@@H]2CCC[C@@]2(C(=O)O)C1. The predicted molar refractivity (Wildman–Crippen MR) is 102 cm³/mol. The number of fused-ring (bicyclic) bond motifs is 1. The van der Waals surface area contributed by atoms with Crippen molar-refractivity contribution in [3.05, 3.63) is 43.0 Å². The number of nitrogens with zero attached hydrogens (tertiary/aromatic N) is 3. The Morgan fingerprint density at radius 3 is 2.96 bits per heavy atom. The van der Waals surface area contributed by atoms with Gasteiger partial charge in [0.1, 0.15) is 12.4 Å². The molecule has 0 unspecified atom stereocenters. The van der Waals surface area contributed by atoms with Crippen molar-refractivity contribution in [2.45, 2.75) is 25.8 Å². The third-order valence-corrected chi connectivity index (χ3v) is 5.88. The Morgan fingerprint density at radius 1 is 1.36 bits per heavy atom. The molecule has 1 aliphatic carbocycles. The lowest BCUT2D eigenvalue weighted by atomic mass is 9.81. The molecule has 0 bridgehead atoms. The Hall–Kier alpha value is -3.03. The van der Waals surface area contributed by atoms with Crippen LogP contribution in [-0.2, 0) is 11.3 Å². The molecule has 2 atom stereocenters. The van der Waals surface area contributed by atoms with Crippen molar-refractivity contribution < 1.29 is 19.4 Å². The zero-order chi connectivity index (χ0) is 19.6. The molecule has 2 amide bonds. The zero-order valence-electron chi connectivity index (χ0n) is 15.6. The van der Waals surface area contributed by atoms with Gasteiger partial charge in [-0.1, -0.05) is 18.6 Å². The fourth-order valence-electron chi connectivity index (χ4n) is 4.36. The molecule has 0 spiro atoms. The fraction of sp³-hybridized carbons (Fsp3) is 0.450. The van der Waals surface area contributed by atoms with Gasteiger partial charge < -0.3 is 24.6 Å². The van der Waals surface area contributed by atoms with Gasteiger partial charge in [-0.2, -0.15) is 0 Å². The molecule has 8 nitrogen and oxygen atoms in total. The highest BCUT2D eigenvalue weighted by Crippen LogP contribution is 2.49. The second-order valence-corrected chi connectivity index (χ2v) is 7.51. The highest BCUT2D eigenvalue weighted by atomic mass is 16.5. The van der Waals surface area contributed by atoms with Gasteiger partial charge in [-0.15, -0.1) is 0 Å². The third kappa shape index (κ3) is 3.42. The van der Waals surface area contributed by atoms with Gasteiger partial charge in [-0.3, -0.25) is 4.79 Å². The van der Waals surface area contributed by atoms with Crippen molar-refractivity contribution in [1.29, 1.82) is 0 Å². The standard InChI is InChI=1S/C20H24N4O4/c25-18(26)20-7-3-4-15(20)12-24(13-20)19(27)22-16-5-1-2-6-17(16)28-11-10-23-9-8-21-14-23/h1-2,5-6,8-9,14-15H,3-4,7,10-13H2,(H,22,27)(H,25,26)/t15-,20+/m0/s1. The number of hydrogen-bond acceptors (Lipinski definition) is 4. The number of aliphatic carboxylic acids is 1. The summed E-state index contributed by atoms with van der Waals surface area (Å²) in [6, 6.07) is 6.99. The third-order valence-electron chi connectivity index (χ3n) is 5.88. The maximum atomic E-state index is 12.8. The van der Waals surface area contributed by atoms with Gasteiger partial charge in [0.15, 0.2) is 0 Å². The van der Waals surface area contributed by atoms with E-state index < -0.39 is 11.4 Å². The molecule has 1 saturated carbocycles. The molecule has 2 N–H and O–H groups in total. The number of benzene rings is 1. The number of carboxylic acids is 1. The number of imidazole rings is 1. The summed E-state index contributed by atoms with van der Waals surface area (Å²) in [4.78, 5) is 30.2. The topological polar surface area (TPSA) is 96.7 Å². The second-order valence-electron chi connectivity index (χ2n) is 7.51. The molecule has 0 radical (unpaired) electrons. The minimum absolute atomic E-state index is 0.0393. The highest BCUT2D eigenvalue weighted by molar-refractivity contribution is 5.92. The number of nitrogens with one attached hydrogen (secondary N) is 1. The lowest BCUT2D eigenvalue weighted by Crippen LogP contribution is -2.38. The van der Waals surface area contributed by atoms with Gasteiger partial charge in [0.05, 0.1) is 24.0 Å². The molecule has 1 aromatic heterocycles. The summed E-state index contributed by atoms with van der Waals surface area (Å²) >= 11 is 0. The van der Waals surface area contributed by atoms with E-state index in [0.717, 1.165) is 12.8 Å². The molecule has 1 aromatic carbocycles. The molecule has 4 rings (SSSR count). The molecular formula is C20H24N4O4. The van der Waals surface area contributed by atoms with E-state index in [9.17, 15) is 14.7 Å². The van der Waals surface area contributed by atoms with E-state index in [1.54, 1.807) is 29.6 Å². The van der Waals surface area contributed by atoms with Gasteiger partial charge in [-0.05, 0) is 30.9 Å². The van der Waals surface area contributed by atoms with Crippen molar-refractivity contribution in [2.75, 3.05) is 25.0 Å². The Balaban J connectivity index is 1.39. The van der Waals surface area contributed by atoms with Gasteiger partial charge in [-0.25, -0.2) is 9.78 Å². The van der Waals surface area contributed by atoms with E-state index in [-0.39, 0.29) is 18.5 Å². The van der Waals surface area contributed by atoms with E-state index in [4.69, 9.17) is 4.74 Å². The molecular weight excluding hydrogens is 360 g/mol. The number of aromatic nitrogens is 2.